The molecule has 2 aromatic carbocycles. The Balaban J connectivity index is 2.15. The average Bonchev–Trinajstić information content (AvgIpc) is 2.55. The number of hydrogen-bond acceptors (Lipinski definition) is 6. The van der Waals surface area contributed by atoms with Crippen molar-refractivity contribution in [3.8, 4) is 5.75 Å². The standard InChI is InChI=1S/C15H13N3O6/c1-24-14-4-2-10(3-5-14)6-15(19)16-11-7-12(17(20)21)9-13(8-11)18(22)23/h2-5,7-9H,6H2,1H3,(H,16,19). The molecule has 9 nitrogen and oxygen atoms in total. The van der Waals surface area contributed by atoms with Crippen molar-refractivity contribution < 1.29 is 19.4 Å². The maximum Gasteiger partial charge on any atom is 0.278 e. The van der Waals surface area contributed by atoms with Gasteiger partial charge < -0.3 is 10.1 Å². The van der Waals surface area contributed by atoms with E-state index in [1.807, 2.05) is 0 Å². The first-order chi connectivity index (χ1) is 11.4. The van der Waals surface area contributed by atoms with Gasteiger partial charge in [0.2, 0.25) is 5.91 Å². The molecule has 0 aliphatic rings. The maximum absolute atomic E-state index is 12.0. The largest absolute Gasteiger partial charge is 0.497 e. The number of nitro benzene ring substituents is 2. The topological polar surface area (TPSA) is 125 Å². The number of benzene rings is 2. The lowest BCUT2D eigenvalue weighted by Crippen LogP contribution is -2.14. The third kappa shape index (κ3) is 4.26. The fourth-order valence-electron chi connectivity index (χ4n) is 2.01. The molecule has 2 aromatic rings. The second-order valence-electron chi connectivity index (χ2n) is 4.83. The Kier molecular flexibility index (Phi) is 5.05. The summed E-state index contributed by atoms with van der Waals surface area (Å²) in [7, 11) is 1.52. The van der Waals surface area contributed by atoms with E-state index in [9.17, 15) is 25.0 Å². The van der Waals surface area contributed by atoms with Gasteiger partial charge in [-0.2, -0.15) is 0 Å². The van der Waals surface area contributed by atoms with Gasteiger partial charge in [-0.1, -0.05) is 12.1 Å². The monoisotopic (exact) mass is 331 g/mol. The molecule has 0 saturated heterocycles. The predicted octanol–water partition coefficient (Wildman–Crippen LogP) is 2.69. The Morgan fingerprint density at radius 1 is 1.04 bits per heavy atom. The van der Waals surface area contributed by atoms with Crippen molar-refractivity contribution in [1.82, 2.24) is 0 Å². The Hall–Kier alpha value is -3.49. The van der Waals surface area contributed by atoms with Crippen LogP contribution in [0.5, 0.6) is 5.75 Å². The number of carbonyl (C=O) groups is 1. The average molecular weight is 331 g/mol. The van der Waals surface area contributed by atoms with Crippen LogP contribution in [0.15, 0.2) is 42.5 Å². The van der Waals surface area contributed by atoms with Crippen LogP contribution in [0.25, 0.3) is 0 Å². The quantitative estimate of drug-likeness (QED) is 0.641. The van der Waals surface area contributed by atoms with Crippen molar-refractivity contribution >= 4 is 23.0 Å². The van der Waals surface area contributed by atoms with Gasteiger partial charge in [0.25, 0.3) is 11.4 Å². The van der Waals surface area contributed by atoms with Crippen LogP contribution in [0.1, 0.15) is 5.56 Å². The molecule has 0 heterocycles. The zero-order chi connectivity index (χ0) is 17.7. The molecular formula is C15H13N3O6. The van der Waals surface area contributed by atoms with E-state index in [0.717, 1.165) is 18.2 Å². The second-order valence-corrected chi connectivity index (χ2v) is 4.83. The maximum atomic E-state index is 12.0. The molecule has 0 unspecified atom stereocenters. The van der Waals surface area contributed by atoms with Crippen LogP contribution in [0, 0.1) is 20.2 Å². The van der Waals surface area contributed by atoms with E-state index < -0.39 is 27.1 Å². The number of nitro groups is 2. The molecule has 24 heavy (non-hydrogen) atoms. The highest BCUT2D eigenvalue weighted by atomic mass is 16.6. The van der Waals surface area contributed by atoms with Crippen LogP contribution < -0.4 is 10.1 Å². The lowest BCUT2D eigenvalue weighted by atomic mass is 10.1. The number of amides is 1. The van der Waals surface area contributed by atoms with Gasteiger partial charge >= 0.3 is 0 Å². The van der Waals surface area contributed by atoms with Crippen molar-refractivity contribution in [3.05, 3.63) is 68.3 Å². The number of non-ortho nitro benzene ring substituents is 2. The SMILES string of the molecule is COc1ccc(CC(=O)Nc2cc([N+](=O)[O-])cc([N+](=O)[O-])c2)cc1. The molecule has 1 amide bonds. The van der Waals surface area contributed by atoms with Crippen LogP contribution in [0.4, 0.5) is 17.1 Å². The summed E-state index contributed by atoms with van der Waals surface area (Å²) in [6.45, 7) is 0. The number of carbonyl (C=O) groups excluding carboxylic acids is 1. The molecule has 9 heteroatoms. The number of rotatable bonds is 6. The van der Waals surface area contributed by atoms with Crippen LogP contribution in [-0.2, 0) is 11.2 Å². The first-order valence-electron chi connectivity index (χ1n) is 6.75. The summed E-state index contributed by atoms with van der Waals surface area (Å²) < 4.78 is 5.01. The molecule has 0 radical (unpaired) electrons. The number of hydrogen-bond donors (Lipinski definition) is 1. The molecular weight excluding hydrogens is 318 g/mol. The molecule has 0 aromatic heterocycles. The normalized spacial score (nSPS) is 10.0. The fraction of sp³-hybridized carbons (Fsp3) is 0.133. The number of methoxy groups -OCH3 is 1. The van der Waals surface area contributed by atoms with Gasteiger partial charge in [0.05, 0.1) is 35.1 Å². The summed E-state index contributed by atoms with van der Waals surface area (Å²) in [6.07, 6.45) is 0.0144. The summed E-state index contributed by atoms with van der Waals surface area (Å²) in [5.74, 6) is 0.198. The van der Waals surface area contributed by atoms with Crippen molar-refractivity contribution in [3.63, 3.8) is 0 Å². The third-order valence-electron chi connectivity index (χ3n) is 3.13. The minimum Gasteiger partial charge on any atom is -0.497 e. The Bertz CT molecular complexity index is 756. The lowest BCUT2D eigenvalue weighted by Gasteiger charge is -2.06. The van der Waals surface area contributed by atoms with Crippen molar-refractivity contribution in [2.45, 2.75) is 6.42 Å². The van der Waals surface area contributed by atoms with Crippen molar-refractivity contribution in [2.75, 3.05) is 12.4 Å². The Labute approximate surface area is 136 Å². The fourth-order valence-corrected chi connectivity index (χ4v) is 2.01. The molecule has 2 rings (SSSR count). The summed E-state index contributed by atoms with van der Waals surface area (Å²) in [6, 6.07) is 9.77. The van der Waals surface area contributed by atoms with Gasteiger partial charge in [0, 0.05) is 12.1 Å². The number of nitrogens with one attached hydrogen (secondary N) is 1. The van der Waals surface area contributed by atoms with Crippen LogP contribution in [-0.4, -0.2) is 22.9 Å². The minimum absolute atomic E-state index is 0.00517. The highest BCUT2D eigenvalue weighted by Gasteiger charge is 2.17. The van der Waals surface area contributed by atoms with Gasteiger partial charge in [0.15, 0.2) is 0 Å². The van der Waals surface area contributed by atoms with Crippen molar-refractivity contribution in [2.24, 2.45) is 0 Å². The summed E-state index contributed by atoms with van der Waals surface area (Å²) in [5, 5.41) is 24.1. The van der Waals surface area contributed by atoms with Gasteiger partial charge in [-0.25, -0.2) is 0 Å². The van der Waals surface area contributed by atoms with E-state index in [1.165, 1.54) is 7.11 Å². The molecule has 0 atom stereocenters. The first kappa shape index (κ1) is 16.9. The molecule has 0 fully saturated rings. The summed E-state index contributed by atoms with van der Waals surface area (Å²) >= 11 is 0. The molecule has 0 bridgehead atoms. The van der Waals surface area contributed by atoms with Crippen molar-refractivity contribution in [1.29, 1.82) is 0 Å². The summed E-state index contributed by atoms with van der Waals surface area (Å²) in [5.41, 5.74) is -0.240. The van der Waals surface area contributed by atoms with Gasteiger partial charge in [-0.15, -0.1) is 0 Å². The Morgan fingerprint density at radius 2 is 1.58 bits per heavy atom. The number of nitrogens with zero attached hydrogens (tertiary/aromatic N) is 2. The number of anilines is 1. The van der Waals surface area contributed by atoms with Gasteiger partial charge in [-0.05, 0) is 17.7 Å². The predicted molar refractivity (Wildman–Crippen MR) is 85.1 cm³/mol. The highest BCUT2D eigenvalue weighted by Crippen LogP contribution is 2.26. The smallest absolute Gasteiger partial charge is 0.278 e. The number of ether oxygens (including phenoxy) is 1. The van der Waals surface area contributed by atoms with Crippen LogP contribution in [0.2, 0.25) is 0 Å². The second kappa shape index (κ2) is 7.18. The minimum atomic E-state index is -0.758. The molecule has 1 N–H and O–H groups in total. The molecule has 124 valence electrons. The molecule has 0 saturated carbocycles. The first-order valence-corrected chi connectivity index (χ1v) is 6.75. The molecule has 0 spiro atoms. The summed E-state index contributed by atoms with van der Waals surface area (Å²) in [4.78, 5) is 32.1. The van der Waals surface area contributed by atoms with E-state index in [4.69, 9.17) is 4.74 Å². The van der Waals surface area contributed by atoms with E-state index in [-0.39, 0.29) is 12.1 Å². The molecule has 0 aliphatic heterocycles. The lowest BCUT2D eigenvalue weighted by molar-refractivity contribution is -0.394. The van der Waals surface area contributed by atoms with Crippen LogP contribution >= 0.6 is 0 Å². The van der Waals surface area contributed by atoms with E-state index in [1.54, 1.807) is 24.3 Å². The van der Waals surface area contributed by atoms with Crippen LogP contribution in [0.3, 0.4) is 0 Å². The third-order valence-corrected chi connectivity index (χ3v) is 3.13. The van der Waals surface area contributed by atoms with Gasteiger partial charge in [-0.3, -0.25) is 25.0 Å². The van der Waals surface area contributed by atoms with Gasteiger partial charge in [0.1, 0.15) is 5.75 Å². The van der Waals surface area contributed by atoms with E-state index in [0.29, 0.717) is 11.3 Å². The molecule has 0 aliphatic carbocycles. The highest BCUT2D eigenvalue weighted by molar-refractivity contribution is 5.93. The zero-order valence-corrected chi connectivity index (χ0v) is 12.6. The Morgan fingerprint density at radius 3 is 2.04 bits per heavy atom. The van der Waals surface area contributed by atoms with E-state index >= 15 is 0 Å². The zero-order valence-electron chi connectivity index (χ0n) is 12.6. The van der Waals surface area contributed by atoms with E-state index in [2.05, 4.69) is 5.32 Å².